The first-order valence-electron chi connectivity index (χ1n) is 19.7. The van der Waals surface area contributed by atoms with E-state index in [1.54, 1.807) is 0 Å². The second kappa shape index (κ2) is 14.5. The third-order valence-corrected chi connectivity index (χ3v) is 14.2. The molecule has 0 N–H and O–H groups in total. The lowest BCUT2D eigenvalue weighted by molar-refractivity contribution is 0.766. The van der Waals surface area contributed by atoms with Crippen molar-refractivity contribution < 1.29 is 0 Å². The van der Waals surface area contributed by atoms with Crippen molar-refractivity contribution in [2.75, 3.05) is 4.90 Å². The van der Waals surface area contributed by atoms with Gasteiger partial charge in [-0.25, -0.2) is 0 Å². The fraction of sp³-hybridized carbons (Fsp3) is 0.0182. The molecule has 0 radical (unpaired) electrons. The molecule has 1 heterocycles. The highest BCUT2D eigenvalue weighted by Gasteiger charge is 2.48. The Balaban J connectivity index is 1.15. The van der Waals surface area contributed by atoms with Crippen LogP contribution in [0.15, 0.2) is 244 Å². The number of rotatable bonds is 7. The normalized spacial score (nSPS) is 13.2. The van der Waals surface area contributed by atoms with Gasteiger partial charge in [-0.3, -0.25) is 0 Å². The summed E-state index contributed by atoms with van der Waals surface area (Å²) >= 11 is 3.80. The van der Waals surface area contributed by atoms with E-state index in [-0.39, 0.29) is 0 Å². The molecule has 58 heavy (non-hydrogen) atoms. The van der Waals surface area contributed by atoms with E-state index in [1.165, 1.54) is 75.2 Å². The molecule has 11 rings (SSSR count). The Kier molecular flexibility index (Phi) is 8.65. The van der Waals surface area contributed by atoms with Crippen LogP contribution in [0.4, 0.5) is 17.1 Å². The summed E-state index contributed by atoms with van der Waals surface area (Å²) in [7, 11) is 0. The zero-order valence-corrected chi connectivity index (χ0v) is 33.3. The number of nitrogens with zero attached hydrogens (tertiary/aromatic N) is 1. The predicted molar refractivity (Wildman–Crippen MR) is 244 cm³/mol. The van der Waals surface area contributed by atoms with E-state index < -0.39 is 5.41 Å². The molecule has 0 atom stereocenters. The van der Waals surface area contributed by atoms with Crippen LogP contribution < -0.4 is 4.90 Å². The Bertz CT molecular complexity index is 2790. The van der Waals surface area contributed by atoms with Gasteiger partial charge in [0.05, 0.1) is 5.41 Å². The van der Waals surface area contributed by atoms with Crippen molar-refractivity contribution in [3.63, 3.8) is 0 Å². The molecule has 274 valence electrons. The summed E-state index contributed by atoms with van der Waals surface area (Å²) in [5.41, 5.74) is 15.4. The maximum atomic E-state index is 2.48. The van der Waals surface area contributed by atoms with Crippen LogP contribution in [0.2, 0.25) is 0 Å². The highest BCUT2D eigenvalue weighted by atomic mass is 32.2. The van der Waals surface area contributed by atoms with Crippen LogP contribution in [0, 0.1) is 0 Å². The molecule has 1 nitrogen and oxygen atoms in total. The van der Waals surface area contributed by atoms with Crippen LogP contribution >= 0.6 is 23.5 Å². The standard InChI is InChI=1S/C55H37NS2/c1-5-15-38(16-6-1)40-25-29-44(30-26-40)56(45-31-27-41(28-32-45)39-17-7-2-8-18-39)46-33-34-47-49(37-46)55(42-19-9-3-10-20-42,43-21-11-4-12-22-43)48-35-36-52-54(53(47)48)58-51-24-14-13-23-50(51)57-52/h1-37H. The van der Waals surface area contributed by atoms with Gasteiger partial charge in [0.15, 0.2) is 0 Å². The number of benzene rings is 9. The first-order valence-corrected chi connectivity index (χ1v) is 21.4. The van der Waals surface area contributed by atoms with E-state index in [1.807, 2.05) is 23.5 Å². The summed E-state index contributed by atoms with van der Waals surface area (Å²) in [6, 6.07) is 82.4. The van der Waals surface area contributed by atoms with Crippen molar-refractivity contribution in [2.24, 2.45) is 0 Å². The van der Waals surface area contributed by atoms with Crippen LogP contribution in [0.25, 0.3) is 33.4 Å². The van der Waals surface area contributed by atoms with Gasteiger partial charge in [-0.2, -0.15) is 0 Å². The molecular weight excluding hydrogens is 739 g/mol. The Morgan fingerprint density at radius 2 is 0.776 bits per heavy atom. The molecule has 0 fully saturated rings. The van der Waals surface area contributed by atoms with Gasteiger partial charge >= 0.3 is 0 Å². The lowest BCUT2D eigenvalue weighted by atomic mass is 9.67. The van der Waals surface area contributed by atoms with E-state index in [9.17, 15) is 0 Å². The molecule has 0 saturated heterocycles. The molecular formula is C55H37NS2. The van der Waals surface area contributed by atoms with Crippen molar-refractivity contribution in [1.82, 2.24) is 0 Å². The smallest absolute Gasteiger partial charge is 0.0714 e. The number of hydrogen-bond donors (Lipinski definition) is 0. The Morgan fingerprint density at radius 1 is 0.328 bits per heavy atom. The molecule has 9 aromatic rings. The minimum absolute atomic E-state index is 0.541. The molecule has 3 heteroatoms. The highest BCUT2D eigenvalue weighted by Crippen LogP contribution is 2.62. The van der Waals surface area contributed by atoms with Gasteiger partial charge in [-0.15, -0.1) is 0 Å². The average molecular weight is 776 g/mol. The third kappa shape index (κ3) is 5.73. The Hall–Kier alpha value is -6.52. The predicted octanol–water partition coefficient (Wildman–Crippen LogP) is 15.5. The van der Waals surface area contributed by atoms with E-state index in [4.69, 9.17) is 0 Å². The fourth-order valence-corrected chi connectivity index (χ4v) is 11.4. The van der Waals surface area contributed by atoms with Gasteiger partial charge in [0.25, 0.3) is 0 Å². The van der Waals surface area contributed by atoms with Crippen molar-refractivity contribution in [3.8, 4) is 33.4 Å². The summed E-state index contributed by atoms with van der Waals surface area (Å²) in [6.45, 7) is 0. The third-order valence-electron chi connectivity index (χ3n) is 11.6. The van der Waals surface area contributed by atoms with Crippen molar-refractivity contribution >= 4 is 40.6 Å². The molecule has 0 saturated carbocycles. The molecule has 1 aliphatic carbocycles. The Labute approximate surface area is 348 Å². The summed E-state index contributed by atoms with van der Waals surface area (Å²) in [6.07, 6.45) is 0. The van der Waals surface area contributed by atoms with Gasteiger partial charge in [0.1, 0.15) is 0 Å². The van der Waals surface area contributed by atoms with E-state index in [0.717, 1.165) is 17.1 Å². The number of hydrogen-bond acceptors (Lipinski definition) is 3. The van der Waals surface area contributed by atoms with E-state index >= 15 is 0 Å². The molecule has 9 aromatic carbocycles. The summed E-state index contributed by atoms with van der Waals surface area (Å²) < 4.78 is 0. The summed E-state index contributed by atoms with van der Waals surface area (Å²) in [5.74, 6) is 0. The zero-order chi connectivity index (χ0) is 38.5. The SMILES string of the molecule is c1ccc(-c2ccc(N(c3ccc(-c4ccccc4)cc3)c3ccc4c(c3)C(c3ccccc3)(c3ccccc3)c3ccc5c(c3-4)Sc3ccccc3S5)cc2)cc1. The van der Waals surface area contributed by atoms with E-state index in [0.29, 0.717) is 0 Å². The van der Waals surface area contributed by atoms with Crippen LogP contribution in [0.1, 0.15) is 22.3 Å². The molecule has 0 spiro atoms. The second-order valence-electron chi connectivity index (χ2n) is 14.8. The summed E-state index contributed by atoms with van der Waals surface area (Å²) in [5, 5.41) is 0. The van der Waals surface area contributed by atoms with Crippen LogP contribution in [-0.2, 0) is 5.41 Å². The molecule has 0 amide bonds. The van der Waals surface area contributed by atoms with Gasteiger partial charge in [-0.1, -0.05) is 193 Å². The summed E-state index contributed by atoms with van der Waals surface area (Å²) in [4.78, 5) is 7.71. The molecule has 0 unspecified atom stereocenters. The molecule has 0 aromatic heterocycles. The van der Waals surface area contributed by atoms with Crippen LogP contribution in [0.3, 0.4) is 0 Å². The maximum Gasteiger partial charge on any atom is 0.0714 e. The largest absolute Gasteiger partial charge is 0.310 e. The molecule has 2 aliphatic rings. The number of anilines is 3. The van der Waals surface area contributed by atoms with Gasteiger partial charge < -0.3 is 4.90 Å². The second-order valence-corrected chi connectivity index (χ2v) is 17.0. The number of fused-ring (bicyclic) bond motifs is 6. The molecule has 0 bridgehead atoms. The maximum absolute atomic E-state index is 2.48. The Morgan fingerprint density at radius 3 is 1.31 bits per heavy atom. The molecule has 1 aliphatic heterocycles. The minimum atomic E-state index is -0.541. The lowest BCUT2D eigenvalue weighted by Crippen LogP contribution is -2.28. The van der Waals surface area contributed by atoms with Gasteiger partial charge in [0, 0.05) is 42.2 Å². The lowest BCUT2D eigenvalue weighted by Gasteiger charge is -2.35. The van der Waals surface area contributed by atoms with Crippen molar-refractivity contribution in [1.29, 1.82) is 0 Å². The topological polar surface area (TPSA) is 3.24 Å². The monoisotopic (exact) mass is 775 g/mol. The van der Waals surface area contributed by atoms with Gasteiger partial charge in [-0.05, 0) is 105 Å². The van der Waals surface area contributed by atoms with Gasteiger partial charge in [0.2, 0.25) is 0 Å². The zero-order valence-electron chi connectivity index (χ0n) is 31.6. The van der Waals surface area contributed by atoms with Crippen LogP contribution in [-0.4, -0.2) is 0 Å². The first-order chi connectivity index (χ1) is 28.8. The average Bonchev–Trinajstić information content (AvgIpc) is 3.61. The van der Waals surface area contributed by atoms with Crippen molar-refractivity contribution in [3.05, 3.63) is 247 Å². The highest BCUT2D eigenvalue weighted by molar-refractivity contribution is 8.05. The van der Waals surface area contributed by atoms with Crippen LogP contribution in [0.5, 0.6) is 0 Å². The first kappa shape index (κ1) is 34.7. The van der Waals surface area contributed by atoms with E-state index in [2.05, 4.69) is 229 Å². The quantitative estimate of drug-likeness (QED) is 0.159. The minimum Gasteiger partial charge on any atom is -0.310 e. The van der Waals surface area contributed by atoms with Crippen molar-refractivity contribution in [2.45, 2.75) is 25.0 Å². The fourth-order valence-electron chi connectivity index (χ4n) is 9.00.